The smallest absolute Gasteiger partial charge is 0.254 e. The van der Waals surface area contributed by atoms with Crippen molar-refractivity contribution in [3.63, 3.8) is 0 Å². The van der Waals surface area contributed by atoms with Gasteiger partial charge in [-0.1, -0.05) is 6.07 Å². The largest absolute Gasteiger partial charge is 0.494 e. The number of carbonyl (C=O) groups excluding carboxylic acids is 1. The van der Waals surface area contributed by atoms with Crippen LogP contribution in [0, 0.1) is 23.0 Å². The molecule has 2 aromatic rings. The van der Waals surface area contributed by atoms with Gasteiger partial charge in [-0.15, -0.1) is 0 Å². The van der Waals surface area contributed by atoms with Crippen molar-refractivity contribution >= 4 is 5.91 Å². The highest BCUT2D eigenvalue weighted by atomic mass is 19.1. The molecule has 2 aromatic carbocycles. The lowest BCUT2D eigenvalue weighted by Gasteiger charge is -2.08. The van der Waals surface area contributed by atoms with Gasteiger partial charge in [0.1, 0.15) is 5.82 Å². The van der Waals surface area contributed by atoms with Crippen molar-refractivity contribution < 1.29 is 18.3 Å². The quantitative estimate of drug-likeness (QED) is 0.944. The first-order chi connectivity index (χ1) is 10.5. The zero-order valence-electron chi connectivity index (χ0n) is 11.7. The van der Waals surface area contributed by atoms with E-state index in [1.807, 2.05) is 6.07 Å². The van der Waals surface area contributed by atoms with Crippen molar-refractivity contribution in [1.82, 2.24) is 5.32 Å². The molecule has 0 atom stereocenters. The van der Waals surface area contributed by atoms with Gasteiger partial charge in [0.2, 0.25) is 0 Å². The van der Waals surface area contributed by atoms with Crippen molar-refractivity contribution in [2.24, 2.45) is 0 Å². The minimum absolute atomic E-state index is 0.0238. The van der Waals surface area contributed by atoms with Crippen molar-refractivity contribution in [2.75, 3.05) is 7.11 Å². The number of nitrogens with one attached hydrogen (secondary N) is 1. The van der Waals surface area contributed by atoms with Crippen LogP contribution in [0.2, 0.25) is 0 Å². The molecule has 1 amide bonds. The van der Waals surface area contributed by atoms with Gasteiger partial charge < -0.3 is 10.1 Å². The van der Waals surface area contributed by atoms with Gasteiger partial charge >= 0.3 is 0 Å². The number of ether oxygens (including phenoxy) is 1. The molecule has 0 spiro atoms. The van der Waals surface area contributed by atoms with Crippen LogP contribution in [-0.2, 0) is 6.54 Å². The van der Waals surface area contributed by atoms with Crippen LogP contribution in [0.3, 0.4) is 0 Å². The third-order valence-corrected chi connectivity index (χ3v) is 3.01. The van der Waals surface area contributed by atoms with Gasteiger partial charge in [0.05, 0.1) is 24.3 Å². The number of benzene rings is 2. The number of methoxy groups -OCH3 is 1. The topological polar surface area (TPSA) is 62.1 Å². The lowest BCUT2D eigenvalue weighted by molar-refractivity contribution is 0.0947. The van der Waals surface area contributed by atoms with Crippen LogP contribution in [0.25, 0.3) is 0 Å². The molecule has 1 N–H and O–H groups in total. The van der Waals surface area contributed by atoms with Crippen LogP contribution >= 0.6 is 0 Å². The van der Waals surface area contributed by atoms with Crippen LogP contribution in [0.1, 0.15) is 21.5 Å². The average Bonchev–Trinajstić information content (AvgIpc) is 2.53. The lowest BCUT2D eigenvalue weighted by Crippen LogP contribution is -2.24. The second kappa shape index (κ2) is 6.68. The summed E-state index contributed by atoms with van der Waals surface area (Å²) in [5, 5.41) is 11.2. The van der Waals surface area contributed by atoms with E-state index < -0.39 is 17.5 Å². The summed E-state index contributed by atoms with van der Waals surface area (Å²) in [7, 11) is 1.35. The van der Waals surface area contributed by atoms with Gasteiger partial charge in [-0.3, -0.25) is 4.79 Å². The second-order valence-corrected chi connectivity index (χ2v) is 4.46. The molecule has 0 aliphatic rings. The van der Waals surface area contributed by atoms with Gasteiger partial charge in [-0.05, 0) is 35.9 Å². The van der Waals surface area contributed by atoms with Crippen molar-refractivity contribution in [3.05, 3.63) is 64.7 Å². The van der Waals surface area contributed by atoms with Gasteiger partial charge in [0.15, 0.2) is 11.6 Å². The number of nitriles is 1. The van der Waals surface area contributed by atoms with Gasteiger partial charge in [0.25, 0.3) is 5.91 Å². The molecule has 0 radical (unpaired) electrons. The van der Waals surface area contributed by atoms with Crippen LogP contribution in [0.15, 0.2) is 36.4 Å². The van der Waals surface area contributed by atoms with Crippen LogP contribution in [0.4, 0.5) is 8.78 Å². The maximum absolute atomic E-state index is 13.6. The van der Waals surface area contributed by atoms with Crippen molar-refractivity contribution in [1.29, 1.82) is 5.26 Å². The summed E-state index contributed by atoms with van der Waals surface area (Å²) in [5.41, 5.74) is 0.457. The normalized spacial score (nSPS) is 9.91. The Morgan fingerprint density at radius 1 is 1.23 bits per heavy atom. The minimum atomic E-state index is -0.725. The molecule has 22 heavy (non-hydrogen) atoms. The molecular formula is C16H12F2N2O2. The van der Waals surface area contributed by atoms with Gasteiger partial charge in [-0.25, -0.2) is 8.78 Å². The highest BCUT2D eigenvalue weighted by Gasteiger charge is 2.13. The first-order valence-corrected chi connectivity index (χ1v) is 6.35. The molecule has 4 nitrogen and oxygen atoms in total. The Bertz CT molecular complexity index is 754. The third kappa shape index (κ3) is 3.38. The Morgan fingerprint density at radius 2 is 2.00 bits per heavy atom. The van der Waals surface area contributed by atoms with E-state index in [2.05, 4.69) is 5.32 Å². The standard InChI is InChI=1S/C16H12F2N2O2/c1-22-15-5-3-11(7-14(15)18)9-20-16(21)12-6-10(8-19)2-4-13(12)17/h2-7H,9H2,1H3,(H,20,21). The number of carbonyl (C=O) groups is 1. The van der Waals surface area contributed by atoms with Gasteiger partial charge in [-0.2, -0.15) is 5.26 Å². The van der Waals surface area contributed by atoms with Crippen LogP contribution in [-0.4, -0.2) is 13.0 Å². The van der Waals surface area contributed by atoms with Crippen molar-refractivity contribution in [2.45, 2.75) is 6.54 Å². The predicted molar refractivity (Wildman–Crippen MR) is 75.2 cm³/mol. The fraction of sp³-hybridized carbons (Fsp3) is 0.125. The Labute approximate surface area is 125 Å². The molecular weight excluding hydrogens is 290 g/mol. The Balaban J connectivity index is 2.10. The van der Waals surface area contributed by atoms with E-state index >= 15 is 0 Å². The van der Waals surface area contributed by atoms with Crippen LogP contribution in [0.5, 0.6) is 5.75 Å². The van der Waals surface area contributed by atoms with E-state index in [1.165, 1.54) is 31.4 Å². The number of hydrogen-bond acceptors (Lipinski definition) is 3. The van der Waals surface area contributed by atoms with E-state index in [4.69, 9.17) is 10.00 Å². The summed E-state index contributed by atoms with van der Waals surface area (Å²) in [4.78, 5) is 11.9. The van der Waals surface area contributed by atoms with E-state index in [9.17, 15) is 13.6 Å². The summed E-state index contributed by atoms with van der Waals surface area (Å²) in [5.74, 6) is -1.85. The van der Waals surface area contributed by atoms with E-state index in [-0.39, 0.29) is 23.4 Å². The minimum Gasteiger partial charge on any atom is -0.494 e. The van der Waals surface area contributed by atoms with Gasteiger partial charge in [0, 0.05) is 6.54 Å². The first-order valence-electron chi connectivity index (χ1n) is 6.35. The number of hydrogen-bond donors (Lipinski definition) is 1. The third-order valence-electron chi connectivity index (χ3n) is 3.01. The number of amides is 1. The highest BCUT2D eigenvalue weighted by Crippen LogP contribution is 2.17. The van der Waals surface area contributed by atoms with Crippen LogP contribution < -0.4 is 10.1 Å². The zero-order valence-corrected chi connectivity index (χ0v) is 11.7. The highest BCUT2D eigenvalue weighted by molar-refractivity contribution is 5.94. The molecule has 0 saturated heterocycles. The first kappa shape index (κ1) is 15.4. The molecule has 0 bridgehead atoms. The molecule has 2 rings (SSSR count). The zero-order chi connectivity index (χ0) is 16.1. The number of halogens is 2. The molecule has 0 unspecified atom stereocenters. The molecule has 0 aliphatic carbocycles. The summed E-state index contributed by atoms with van der Waals surface area (Å²) >= 11 is 0. The maximum Gasteiger partial charge on any atom is 0.254 e. The van der Waals surface area contributed by atoms with E-state index in [1.54, 1.807) is 6.07 Å². The molecule has 0 aromatic heterocycles. The van der Waals surface area contributed by atoms with Crippen molar-refractivity contribution in [3.8, 4) is 11.8 Å². The van der Waals surface area contributed by atoms with E-state index in [0.29, 0.717) is 5.56 Å². The summed E-state index contributed by atoms with van der Waals surface area (Å²) in [6, 6.07) is 9.59. The number of nitrogens with zero attached hydrogens (tertiary/aromatic N) is 1. The fourth-order valence-electron chi connectivity index (χ4n) is 1.87. The SMILES string of the molecule is COc1ccc(CNC(=O)c2cc(C#N)ccc2F)cc1F. The molecule has 6 heteroatoms. The Morgan fingerprint density at radius 3 is 2.64 bits per heavy atom. The maximum atomic E-state index is 13.6. The van der Waals surface area contributed by atoms with E-state index in [0.717, 1.165) is 6.07 Å². The fourth-order valence-corrected chi connectivity index (χ4v) is 1.87. The molecule has 0 saturated carbocycles. The molecule has 0 heterocycles. The molecule has 112 valence electrons. The summed E-state index contributed by atoms with van der Waals surface area (Å²) in [6.45, 7) is 0.0238. The number of rotatable bonds is 4. The average molecular weight is 302 g/mol. The second-order valence-electron chi connectivity index (χ2n) is 4.46. The Kier molecular flexibility index (Phi) is 4.69. The monoisotopic (exact) mass is 302 g/mol. The predicted octanol–water partition coefficient (Wildman–Crippen LogP) is 2.78. The lowest BCUT2D eigenvalue weighted by atomic mass is 10.1. The molecule has 0 aliphatic heterocycles. The summed E-state index contributed by atoms with van der Waals surface area (Å²) in [6.07, 6.45) is 0. The summed E-state index contributed by atoms with van der Waals surface area (Å²) < 4.78 is 31.9. The molecule has 0 fully saturated rings. The Hall–Kier alpha value is -2.94.